The van der Waals surface area contributed by atoms with E-state index in [1.54, 1.807) is 0 Å². The van der Waals surface area contributed by atoms with Crippen LogP contribution in [0.5, 0.6) is 11.5 Å². The molecule has 0 spiro atoms. The van der Waals surface area contributed by atoms with E-state index in [4.69, 9.17) is 16.3 Å². The number of nitrogens with one attached hydrogen (secondary N) is 1. The van der Waals surface area contributed by atoms with Crippen molar-refractivity contribution < 1.29 is 9.84 Å². The molecule has 30 heavy (non-hydrogen) atoms. The fourth-order valence-corrected chi connectivity index (χ4v) is 3.91. The van der Waals surface area contributed by atoms with Crippen LogP contribution in [-0.4, -0.2) is 26.2 Å². The molecule has 2 heterocycles. The van der Waals surface area contributed by atoms with Crippen LogP contribution in [0.25, 0.3) is 17.1 Å². The van der Waals surface area contributed by atoms with E-state index in [-0.39, 0.29) is 6.61 Å². The fourth-order valence-electron chi connectivity index (χ4n) is 3.69. The smallest absolute Gasteiger partial charge is 0.158 e. The van der Waals surface area contributed by atoms with Crippen molar-refractivity contribution >= 4 is 40.2 Å². The highest BCUT2D eigenvalue weighted by molar-refractivity contribution is 6.32. The van der Waals surface area contributed by atoms with E-state index in [0.717, 1.165) is 28.9 Å². The molecule has 0 saturated heterocycles. The number of aliphatic hydroxyl groups is 1. The molecule has 2 N–H and O–H groups in total. The third kappa shape index (κ3) is 3.40. The summed E-state index contributed by atoms with van der Waals surface area (Å²) in [4.78, 5) is 8.66. The summed E-state index contributed by atoms with van der Waals surface area (Å²) in [5.41, 5.74) is 4.77. The minimum absolute atomic E-state index is 0.0364. The molecule has 7 heteroatoms. The highest BCUT2D eigenvalue weighted by atomic mass is 35.5. The first-order valence-corrected chi connectivity index (χ1v) is 10.0. The Bertz CT molecular complexity index is 1270. The standard InChI is InChI=1S/C23H19ClN4O2/c24-18-13-16(27-23-22-19(25-14-26-23)9-10-28(22)11-12-29)7-8-21(18)30-20-6-2-4-15-3-1-5-17(15)20/h1-4,6-10,13-14,29H,5,11-12H2,(H,25,26,27). The summed E-state index contributed by atoms with van der Waals surface area (Å²) in [6.45, 7) is 0.504. The van der Waals surface area contributed by atoms with Crippen LogP contribution in [0.4, 0.5) is 11.5 Å². The van der Waals surface area contributed by atoms with Gasteiger partial charge in [-0.15, -0.1) is 0 Å². The van der Waals surface area contributed by atoms with E-state index >= 15 is 0 Å². The molecule has 0 radical (unpaired) electrons. The number of hydrogen-bond donors (Lipinski definition) is 2. The van der Waals surface area contributed by atoms with Crippen molar-refractivity contribution in [2.45, 2.75) is 13.0 Å². The van der Waals surface area contributed by atoms with Crippen LogP contribution in [0.15, 0.2) is 61.1 Å². The number of ether oxygens (including phenoxy) is 1. The quantitative estimate of drug-likeness (QED) is 0.451. The third-order valence-electron chi connectivity index (χ3n) is 5.09. The Morgan fingerprint density at radius 3 is 2.93 bits per heavy atom. The number of fused-ring (bicyclic) bond motifs is 2. The highest BCUT2D eigenvalue weighted by Crippen LogP contribution is 2.37. The van der Waals surface area contributed by atoms with Crippen molar-refractivity contribution in [2.75, 3.05) is 11.9 Å². The molecule has 2 aromatic heterocycles. The molecule has 2 aromatic carbocycles. The van der Waals surface area contributed by atoms with Gasteiger partial charge >= 0.3 is 0 Å². The molecule has 1 aliphatic carbocycles. The van der Waals surface area contributed by atoms with Gasteiger partial charge in [-0.3, -0.25) is 0 Å². The van der Waals surface area contributed by atoms with Gasteiger partial charge in [0.2, 0.25) is 0 Å². The maximum absolute atomic E-state index is 9.31. The maximum atomic E-state index is 9.31. The van der Waals surface area contributed by atoms with Crippen LogP contribution >= 0.6 is 11.6 Å². The third-order valence-corrected chi connectivity index (χ3v) is 5.39. The zero-order valence-corrected chi connectivity index (χ0v) is 16.8. The van der Waals surface area contributed by atoms with E-state index < -0.39 is 0 Å². The molecule has 4 aromatic rings. The molecule has 0 aliphatic heterocycles. The lowest BCUT2D eigenvalue weighted by Crippen LogP contribution is -2.04. The minimum Gasteiger partial charge on any atom is -0.455 e. The van der Waals surface area contributed by atoms with Gasteiger partial charge in [0.15, 0.2) is 5.82 Å². The lowest BCUT2D eigenvalue weighted by Gasteiger charge is -2.14. The molecule has 1 aliphatic rings. The summed E-state index contributed by atoms with van der Waals surface area (Å²) >= 11 is 6.52. The van der Waals surface area contributed by atoms with Gasteiger partial charge in [-0.1, -0.05) is 35.9 Å². The first-order valence-electron chi connectivity index (χ1n) is 9.66. The number of anilines is 2. The summed E-state index contributed by atoms with van der Waals surface area (Å²) < 4.78 is 8.03. The van der Waals surface area contributed by atoms with Crippen molar-refractivity contribution in [3.05, 3.63) is 77.2 Å². The number of nitrogens with zero attached hydrogens (tertiary/aromatic N) is 3. The van der Waals surface area contributed by atoms with E-state index in [2.05, 4.69) is 33.5 Å². The van der Waals surface area contributed by atoms with Crippen LogP contribution in [0.3, 0.4) is 0 Å². The minimum atomic E-state index is 0.0364. The summed E-state index contributed by atoms with van der Waals surface area (Å²) in [6.07, 6.45) is 8.49. The van der Waals surface area contributed by atoms with Crippen LogP contribution in [-0.2, 0) is 13.0 Å². The Labute approximate surface area is 178 Å². The van der Waals surface area contributed by atoms with Crippen molar-refractivity contribution in [3.63, 3.8) is 0 Å². The zero-order valence-electron chi connectivity index (χ0n) is 16.0. The fraction of sp³-hybridized carbons (Fsp3) is 0.130. The average Bonchev–Trinajstić information content (AvgIpc) is 3.39. The first-order chi connectivity index (χ1) is 14.7. The van der Waals surface area contributed by atoms with E-state index in [1.807, 2.05) is 47.2 Å². The van der Waals surface area contributed by atoms with Crippen LogP contribution < -0.4 is 10.1 Å². The molecule has 0 fully saturated rings. The molecular weight excluding hydrogens is 400 g/mol. The van der Waals surface area contributed by atoms with Crippen molar-refractivity contribution in [1.29, 1.82) is 0 Å². The van der Waals surface area contributed by atoms with Crippen LogP contribution in [0.2, 0.25) is 5.02 Å². The average molecular weight is 419 g/mol. The van der Waals surface area contributed by atoms with Crippen molar-refractivity contribution in [2.24, 2.45) is 0 Å². The largest absolute Gasteiger partial charge is 0.455 e. The summed E-state index contributed by atoms with van der Waals surface area (Å²) in [6, 6.07) is 13.5. The van der Waals surface area contributed by atoms with Gasteiger partial charge in [-0.2, -0.15) is 0 Å². The Kier molecular flexibility index (Phi) is 4.86. The SMILES string of the molecule is OCCn1ccc2ncnc(Nc3ccc(Oc4cccc5c4CC=C5)c(Cl)c3)c21. The molecule has 0 atom stereocenters. The summed E-state index contributed by atoms with van der Waals surface area (Å²) in [5, 5.41) is 13.1. The van der Waals surface area contributed by atoms with Crippen LogP contribution in [0, 0.1) is 0 Å². The van der Waals surface area contributed by atoms with Gasteiger partial charge in [-0.05, 0) is 42.3 Å². The first kappa shape index (κ1) is 18.7. The number of hydrogen-bond acceptors (Lipinski definition) is 5. The molecule has 0 amide bonds. The van der Waals surface area contributed by atoms with Gasteiger partial charge in [-0.25, -0.2) is 9.97 Å². The second-order valence-corrected chi connectivity index (χ2v) is 7.40. The molecule has 0 bridgehead atoms. The predicted molar refractivity (Wildman–Crippen MR) is 119 cm³/mol. The second kappa shape index (κ2) is 7.82. The molecule has 150 valence electrons. The zero-order chi connectivity index (χ0) is 20.5. The lowest BCUT2D eigenvalue weighted by atomic mass is 10.1. The molecule has 6 nitrogen and oxygen atoms in total. The number of aromatic nitrogens is 3. The van der Waals surface area contributed by atoms with E-state index in [1.165, 1.54) is 17.5 Å². The number of benzene rings is 2. The summed E-state index contributed by atoms with van der Waals surface area (Å²) in [7, 11) is 0. The van der Waals surface area contributed by atoms with Crippen molar-refractivity contribution in [3.8, 4) is 11.5 Å². The number of aliphatic hydroxyl groups excluding tert-OH is 1. The number of allylic oxidation sites excluding steroid dienone is 1. The lowest BCUT2D eigenvalue weighted by molar-refractivity contribution is 0.278. The van der Waals surface area contributed by atoms with Gasteiger partial charge in [0.1, 0.15) is 23.3 Å². The maximum Gasteiger partial charge on any atom is 0.158 e. The highest BCUT2D eigenvalue weighted by Gasteiger charge is 2.14. The molecule has 0 unspecified atom stereocenters. The van der Waals surface area contributed by atoms with Gasteiger partial charge in [0.05, 0.1) is 17.1 Å². The monoisotopic (exact) mass is 418 g/mol. The van der Waals surface area contributed by atoms with Gasteiger partial charge in [0, 0.05) is 24.0 Å². The molecule has 0 saturated carbocycles. The number of rotatable bonds is 6. The van der Waals surface area contributed by atoms with Gasteiger partial charge < -0.3 is 19.7 Å². The Morgan fingerprint density at radius 2 is 2.07 bits per heavy atom. The van der Waals surface area contributed by atoms with Gasteiger partial charge in [0.25, 0.3) is 0 Å². The molecular formula is C23H19ClN4O2. The second-order valence-electron chi connectivity index (χ2n) is 6.99. The Balaban J connectivity index is 1.42. The summed E-state index contributed by atoms with van der Waals surface area (Å²) in [5.74, 6) is 2.06. The number of halogens is 1. The topological polar surface area (TPSA) is 72.2 Å². The molecule has 5 rings (SSSR count). The van der Waals surface area contributed by atoms with Crippen molar-refractivity contribution in [1.82, 2.24) is 14.5 Å². The Hall–Kier alpha value is -3.35. The normalized spacial score (nSPS) is 12.3. The van der Waals surface area contributed by atoms with E-state index in [0.29, 0.717) is 23.1 Å². The van der Waals surface area contributed by atoms with Crippen LogP contribution in [0.1, 0.15) is 11.1 Å². The predicted octanol–water partition coefficient (Wildman–Crippen LogP) is 5.18. The van der Waals surface area contributed by atoms with E-state index in [9.17, 15) is 5.11 Å². The Morgan fingerprint density at radius 1 is 1.13 bits per heavy atom.